The van der Waals surface area contributed by atoms with E-state index >= 15 is 0 Å². The molecule has 23 heavy (non-hydrogen) atoms. The number of anilines is 1. The van der Waals surface area contributed by atoms with Crippen molar-refractivity contribution in [3.8, 4) is 5.75 Å². The van der Waals surface area contributed by atoms with Gasteiger partial charge in [0.25, 0.3) is 11.8 Å². The second-order valence-corrected chi connectivity index (χ2v) is 6.40. The maximum Gasteiger partial charge on any atom is 0.266 e. The molecule has 1 heterocycles. The van der Waals surface area contributed by atoms with Gasteiger partial charge in [0.15, 0.2) is 0 Å². The Bertz CT molecular complexity index is 902. The molecule has 0 atom stereocenters. The zero-order chi connectivity index (χ0) is 16.8. The van der Waals surface area contributed by atoms with Gasteiger partial charge in [-0.05, 0) is 30.3 Å². The van der Waals surface area contributed by atoms with Crippen molar-refractivity contribution >= 4 is 27.5 Å². The summed E-state index contributed by atoms with van der Waals surface area (Å²) in [6.07, 6.45) is 0. The summed E-state index contributed by atoms with van der Waals surface area (Å²) in [4.78, 5) is 25.5. The van der Waals surface area contributed by atoms with Gasteiger partial charge in [-0.25, -0.2) is 18.5 Å². The number of amides is 2. The summed E-state index contributed by atoms with van der Waals surface area (Å²) in [7, 11) is -2.78. The molecule has 0 radical (unpaired) electrons. The summed E-state index contributed by atoms with van der Waals surface area (Å²) in [5.41, 5.74) is 0.650. The van der Waals surface area contributed by atoms with Crippen molar-refractivity contribution in [1.29, 1.82) is 0 Å². The molecule has 0 unspecified atom stereocenters. The third kappa shape index (κ3) is 2.37. The maximum atomic E-state index is 12.4. The molecule has 0 saturated carbocycles. The first kappa shape index (κ1) is 15.2. The number of imide groups is 1. The predicted molar refractivity (Wildman–Crippen MR) is 81.9 cm³/mol. The zero-order valence-corrected chi connectivity index (χ0v) is 12.8. The number of primary sulfonamides is 1. The van der Waals surface area contributed by atoms with E-state index in [2.05, 4.69) is 0 Å². The van der Waals surface area contributed by atoms with Crippen molar-refractivity contribution in [1.82, 2.24) is 0 Å². The second kappa shape index (κ2) is 5.18. The SMILES string of the molecule is COc1ccc(N2C(=O)c3ccccc3C2=O)cc1S(N)(=O)=O. The molecule has 0 spiro atoms. The van der Waals surface area contributed by atoms with Gasteiger partial charge in [-0.15, -0.1) is 0 Å². The van der Waals surface area contributed by atoms with Crippen LogP contribution in [0.25, 0.3) is 0 Å². The summed E-state index contributed by atoms with van der Waals surface area (Å²) in [5.74, 6) is -1.000. The Morgan fingerprint density at radius 2 is 1.57 bits per heavy atom. The molecule has 2 N–H and O–H groups in total. The number of methoxy groups -OCH3 is 1. The van der Waals surface area contributed by atoms with Crippen LogP contribution in [0.15, 0.2) is 47.4 Å². The van der Waals surface area contributed by atoms with Crippen LogP contribution in [0.2, 0.25) is 0 Å². The highest BCUT2D eigenvalue weighted by atomic mass is 32.2. The molecule has 1 aliphatic rings. The smallest absolute Gasteiger partial charge is 0.266 e. The summed E-state index contributed by atoms with van der Waals surface area (Å²) >= 11 is 0. The fourth-order valence-electron chi connectivity index (χ4n) is 2.45. The van der Waals surface area contributed by atoms with E-state index in [-0.39, 0.29) is 27.5 Å². The lowest BCUT2D eigenvalue weighted by atomic mass is 10.1. The number of hydrogen-bond acceptors (Lipinski definition) is 5. The molecule has 3 rings (SSSR count). The molecule has 7 nitrogen and oxygen atoms in total. The third-order valence-electron chi connectivity index (χ3n) is 3.51. The van der Waals surface area contributed by atoms with Crippen LogP contribution in [0, 0.1) is 0 Å². The number of nitrogens with zero attached hydrogens (tertiary/aromatic N) is 1. The van der Waals surface area contributed by atoms with E-state index in [1.807, 2.05) is 0 Å². The molecule has 0 aromatic heterocycles. The predicted octanol–water partition coefficient (Wildman–Crippen LogP) is 1.14. The number of hydrogen-bond donors (Lipinski definition) is 1. The van der Waals surface area contributed by atoms with Crippen molar-refractivity contribution < 1.29 is 22.7 Å². The Balaban J connectivity index is 2.15. The Kier molecular flexibility index (Phi) is 3.42. The third-order valence-corrected chi connectivity index (χ3v) is 4.44. The summed E-state index contributed by atoms with van der Waals surface area (Å²) in [5, 5.41) is 5.16. The number of nitrogens with two attached hydrogens (primary N) is 1. The van der Waals surface area contributed by atoms with Crippen molar-refractivity contribution in [2.45, 2.75) is 4.90 Å². The highest BCUT2D eigenvalue weighted by Crippen LogP contribution is 2.32. The van der Waals surface area contributed by atoms with Crippen LogP contribution in [0.1, 0.15) is 20.7 Å². The average Bonchev–Trinajstić information content (AvgIpc) is 2.78. The van der Waals surface area contributed by atoms with E-state index in [1.165, 1.54) is 19.2 Å². The van der Waals surface area contributed by atoms with E-state index in [1.54, 1.807) is 24.3 Å². The molecule has 0 fully saturated rings. The van der Waals surface area contributed by atoms with Crippen molar-refractivity contribution in [2.24, 2.45) is 5.14 Å². The highest BCUT2D eigenvalue weighted by Gasteiger charge is 2.36. The number of fused-ring (bicyclic) bond motifs is 1. The van der Waals surface area contributed by atoms with Crippen molar-refractivity contribution in [3.63, 3.8) is 0 Å². The molecule has 2 aromatic carbocycles. The van der Waals surface area contributed by atoms with Gasteiger partial charge in [-0.2, -0.15) is 0 Å². The van der Waals surface area contributed by atoms with Crippen LogP contribution in [0.4, 0.5) is 5.69 Å². The van der Waals surface area contributed by atoms with Gasteiger partial charge >= 0.3 is 0 Å². The highest BCUT2D eigenvalue weighted by molar-refractivity contribution is 7.89. The molecule has 2 amide bonds. The quantitative estimate of drug-likeness (QED) is 0.848. The first-order valence-corrected chi connectivity index (χ1v) is 8.08. The lowest BCUT2D eigenvalue weighted by molar-refractivity contribution is 0.0926. The molecule has 0 bridgehead atoms. The van der Waals surface area contributed by atoms with Gasteiger partial charge in [0.2, 0.25) is 10.0 Å². The number of ether oxygens (including phenoxy) is 1. The Morgan fingerprint density at radius 3 is 2.04 bits per heavy atom. The molecular formula is C15H12N2O5S. The molecule has 8 heteroatoms. The topological polar surface area (TPSA) is 107 Å². The zero-order valence-electron chi connectivity index (χ0n) is 12.0. The molecular weight excluding hydrogens is 320 g/mol. The molecule has 1 aliphatic heterocycles. The Labute approximate surface area is 132 Å². The molecule has 0 aliphatic carbocycles. The molecule has 0 saturated heterocycles. The maximum absolute atomic E-state index is 12.4. The van der Waals surface area contributed by atoms with E-state index in [0.717, 1.165) is 11.0 Å². The summed E-state index contributed by atoms with van der Waals surface area (Å²) in [6.45, 7) is 0. The number of benzene rings is 2. The Hall–Kier alpha value is -2.71. The average molecular weight is 332 g/mol. The minimum absolute atomic E-state index is 0.0351. The lowest BCUT2D eigenvalue weighted by Gasteiger charge is -2.16. The van der Waals surface area contributed by atoms with Crippen LogP contribution < -0.4 is 14.8 Å². The minimum Gasteiger partial charge on any atom is -0.495 e. The van der Waals surface area contributed by atoms with Crippen LogP contribution in [0.5, 0.6) is 5.75 Å². The second-order valence-electron chi connectivity index (χ2n) is 4.87. The first-order chi connectivity index (χ1) is 10.8. The van der Waals surface area contributed by atoms with Crippen LogP contribution in [-0.2, 0) is 10.0 Å². The number of sulfonamides is 1. The lowest BCUT2D eigenvalue weighted by Crippen LogP contribution is -2.29. The van der Waals surface area contributed by atoms with Crippen molar-refractivity contribution in [3.05, 3.63) is 53.6 Å². The molecule has 118 valence electrons. The van der Waals surface area contributed by atoms with Gasteiger partial charge < -0.3 is 4.74 Å². The van der Waals surface area contributed by atoms with Gasteiger partial charge in [0, 0.05) is 0 Å². The van der Waals surface area contributed by atoms with E-state index in [0.29, 0.717) is 0 Å². The van der Waals surface area contributed by atoms with Gasteiger partial charge in [0.05, 0.1) is 23.9 Å². The van der Waals surface area contributed by atoms with Gasteiger partial charge in [-0.3, -0.25) is 9.59 Å². The van der Waals surface area contributed by atoms with Crippen LogP contribution in [-0.4, -0.2) is 27.3 Å². The van der Waals surface area contributed by atoms with Gasteiger partial charge in [-0.1, -0.05) is 12.1 Å². The normalized spacial score (nSPS) is 14.1. The summed E-state index contributed by atoms with van der Waals surface area (Å²) in [6, 6.07) is 10.3. The van der Waals surface area contributed by atoms with E-state index in [9.17, 15) is 18.0 Å². The Morgan fingerprint density at radius 1 is 1.00 bits per heavy atom. The standard InChI is InChI=1S/C15H12N2O5S/c1-22-12-7-6-9(8-13(12)23(16,20)21)17-14(18)10-4-2-3-5-11(10)15(17)19/h2-8H,1H3,(H2,16,20,21). The molecule has 2 aromatic rings. The number of carbonyl (C=O) groups excluding carboxylic acids is 2. The number of rotatable bonds is 3. The van der Waals surface area contributed by atoms with Crippen LogP contribution in [0.3, 0.4) is 0 Å². The first-order valence-electron chi connectivity index (χ1n) is 6.53. The van der Waals surface area contributed by atoms with E-state index < -0.39 is 21.8 Å². The fraction of sp³-hybridized carbons (Fsp3) is 0.0667. The van der Waals surface area contributed by atoms with Crippen LogP contribution >= 0.6 is 0 Å². The van der Waals surface area contributed by atoms with E-state index in [4.69, 9.17) is 9.88 Å². The fourth-order valence-corrected chi connectivity index (χ4v) is 3.17. The van der Waals surface area contributed by atoms with Gasteiger partial charge in [0.1, 0.15) is 10.6 Å². The monoisotopic (exact) mass is 332 g/mol. The number of carbonyl (C=O) groups is 2. The summed E-state index contributed by atoms with van der Waals surface area (Å²) < 4.78 is 28.3. The minimum atomic E-state index is -4.07. The largest absolute Gasteiger partial charge is 0.495 e. The van der Waals surface area contributed by atoms with Crippen molar-refractivity contribution in [2.75, 3.05) is 12.0 Å².